The van der Waals surface area contributed by atoms with Crippen LogP contribution in [0.1, 0.15) is 29.5 Å². The number of hydrogen-bond donors (Lipinski definition) is 0. The Kier molecular flexibility index (Phi) is 5.62. The molecule has 0 N–H and O–H groups in total. The van der Waals surface area contributed by atoms with Gasteiger partial charge in [0.2, 0.25) is 0 Å². The minimum absolute atomic E-state index is 0.00427. The third kappa shape index (κ3) is 4.35. The Morgan fingerprint density at radius 2 is 1.74 bits per heavy atom. The quantitative estimate of drug-likeness (QED) is 0.458. The van der Waals surface area contributed by atoms with Crippen LogP contribution in [0.3, 0.4) is 0 Å². The molecule has 1 heterocycles. The summed E-state index contributed by atoms with van der Waals surface area (Å²) in [5, 5.41) is 0.860. The van der Waals surface area contributed by atoms with E-state index in [2.05, 4.69) is 20.3 Å². The van der Waals surface area contributed by atoms with Crippen LogP contribution >= 0.6 is 15.9 Å². The van der Waals surface area contributed by atoms with Crippen LogP contribution in [0, 0.1) is 0 Å². The van der Waals surface area contributed by atoms with Crippen LogP contribution in [0.15, 0.2) is 51.8 Å². The molecule has 4 nitrogen and oxygen atoms in total. The van der Waals surface area contributed by atoms with Crippen molar-refractivity contribution in [2.45, 2.75) is 23.9 Å². The summed E-state index contributed by atoms with van der Waals surface area (Å²) in [5.41, 5.74) is -0.0244. The number of alkyl halides is 4. The molecule has 144 valence electrons. The predicted molar refractivity (Wildman–Crippen MR) is 99.2 cm³/mol. The molecule has 0 bridgehead atoms. The number of halogens is 4. The van der Waals surface area contributed by atoms with Crippen molar-refractivity contribution in [2.24, 2.45) is 4.40 Å². The molecule has 0 atom stereocenters. The van der Waals surface area contributed by atoms with Gasteiger partial charge in [-0.2, -0.15) is 26.0 Å². The Bertz CT molecular complexity index is 970. The van der Waals surface area contributed by atoms with Crippen molar-refractivity contribution in [1.82, 2.24) is 0 Å². The van der Waals surface area contributed by atoms with Crippen LogP contribution < -0.4 is 4.74 Å². The number of rotatable bonds is 6. The van der Waals surface area contributed by atoms with Crippen molar-refractivity contribution in [2.75, 3.05) is 11.9 Å². The SMILES string of the molecule is O=S1(=O)N=C(c2ccc(C(F)(F)F)cc2)c2ccc(OCCCCBr)cc21. The van der Waals surface area contributed by atoms with E-state index in [1.165, 1.54) is 18.2 Å². The first-order chi connectivity index (χ1) is 12.7. The molecule has 9 heteroatoms. The van der Waals surface area contributed by atoms with Crippen molar-refractivity contribution in [3.8, 4) is 5.75 Å². The summed E-state index contributed by atoms with van der Waals surface area (Å²) < 4.78 is 72.2. The predicted octanol–water partition coefficient (Wildman–Crippen LogP) is 4.80. The topological polar surface area (TPSA) is 55.7 Å². The molecule has 2 aromatic rings. The molecule has 0 aromatic heterocycles. The zero-order chi connectivity index (χ0) is 19.7. The maximum atomic E-state index is 12.7. The maximum Gasteiger partial charge on any atom is 0.416 e. The molecule has 1 aliphatic heterocycles. The number of unbranched alkanes of at least 4 members (excludes halogenated alkanes) is 1. The number of hydrogen-bond acceptors (Lipinski definition) is 3. The van der Waals surface area contributed by atoms with Gasteiger partial charge in [0.25, 0.3) is 10.0 Å². The van der Waals surface area contributed by atoms with Gasteiger partial charge in [-0.25, -0.2) is 0 Å². The molecule has 1 aliphatic rings. The molecule has 0 saturated carbocycles. The number of benzene rings is 2. The normalized spacial score (nSPS) is 15.3. The second-order valence-electron chi connectivity index (χ2n) is 5.89. The number of nitrogens with zero attached hydrogens (tertiary/aromatic N) is 1. The van der Waals surface area contributed by atoms with Gasteiger partial charge in [0, 0.05) is 22.5 Å². The summed E-state index contributed by atoms with van der Waals surface area (Å²) in [4.78, 5) is -0.00427. The maximum absolute atomic E-state index is 12.7. The molecule has 0 amide bonds. The third-order valence-electron chi connectivity index (χ3n) is 3.98. The number of ether oxygens (including phenoxy) is 1. The molecule has 2 aromatic carbocycles. The van der Waals surface area contributed by atoms with Crippen molar-refractivity contribution in [1.29, 1.82) is 0 Å². The highest BCUT2D eigenvalue weighted by Crippen LogP contribution is 2.34. The monoisotopic (exact) mass is 461 g/mol. The molecule has 3 rings (SSSR count). The zero-order valence-corrected chi connectivity index (χ0v) is 16.4. The molecule has 0 saturated heterocycles. The molecule has 0 unspecified atom stereocenters. The second kappa shape index (κ2) is 7.63. The third-order valence-corrected chi connectivity index (χ3v) is 5.86. The van der Waals surface area contributed by atoms with Crippen molar-refractivity contribution in [3.63, 3.8) is 0 Å². The highest BCUT2D eigenvalue weighted by molar-refractivity contribution is 9.09. The Morgan fingerprint density at radius 3 is 2.37 bits per heavy atom. The fourth-order valence-corrected chi connectivity index (χ4v) is 4.28. The lowest BCUT2D eigenvalue weighted by molar-refractivity contribution is -0.137. The smallest absolute Gasteiger partial charge is 0.416 e. The molecular formula is C18H15BrF3NO3S. The fraction of sp³-hybridized carbons (Fsp3) is 0.278. The molecule has 0 aliphatic carbocycles. The summed E-state index contributed by atoms with van der Waals surface area (Å²) in [5.74, 6) is 0.413. The Balaban J connectivity index is 1.89. The van der Waals surface area contributed by atoms with Gasteiger partial charge in [-0.05, 0) is 37.1 Å². The summed E-state index contributed by atoms with van der Waals surface area (Å²) in [6, 6.07) is 8.85. The fourth-order valence-electron chi connectivity index (χ4n) is 2.63. The lowest BCUT2D eigenvalue weighted by Crippen LogP contribution is -2.06. The van der Waals surface area contributed by atoms with Crippen LogP contribution in [-0.2, 0) is 16.2 Å². The minimum Gasteiger partial charge on any atom is -0.494 e. The Labute approximate surface area is 163 Å². The summed E-state index contributed by atoms with van der Waals surface area (Å²) in [6.45, 7) is 0.455. The van der Waals surface area contributed by atoms with E-state index in [-0.39, 0.29) is 10.6 Å². The van der Waals surface area contributed by atoms with Crippen LogP contribution in [0.25, 0.3) is 0 Å². The molecule has 0 radical (unpaired) electrons. The van der Waals surface area contributed by atoms with E-state index < -0.39 is 21.8 Å². The standard InChI is InChI=1S/C18H15BrF3NO3S/c19-9-1-2-10-26-14-7-8-15-16(11-14)27(24,25)23-17(15)12-3-5-13(6-4-12)18(20,21)22/h3-8,11H,1-2,9-10H2. The van der Waals surface area contributed by atoms with Gasteiger partial charge in [0.1, 0.15) is 10.6 Å². The first-order valence-electron chi connectivity index (χ1n) is 8.08. The molecule has 27 heavy (non-hydrogen) atoms. The van der Waals surface area contributed by atoms with Gasteiger partial charge < -0.3 is 4.74 Å². The number of fused-ring (bicyclic) bond motifs is 1. The largest absolute Gasteiger partial charge is 0.494 e. The van der Waals surface area contributed by atoms with Crippen LogP contribution in [0.2, 0.25) is 0 Å². The Morgan fingerprint density at radius 1 is 1.04 bits per heavy atom. The first kappa shape index (κ1) is 19.9. The van der Waals surface area contributed by atoms with Crippen molar-refractivity contribution in [3.05, 3.63) is 59.2 Å². The van der Waals surface area contributed by atoms with Gasteiger partial charge in [-0.3, -0.25) is 0 Å². The van der Waals surface area contributed by atoms with Gasteiger partial charge in [0.05, 0.1) is 17.9 Å². The first-order valence-corrected chi connectivity index (χ1v) is 10.6. The van der Waals surface area contributed by atoms with Crippen molar-refractivity contribution >= 4 is 31.7 Å². The van der Waals surface area contributed by atoms with Crippen LogP contribution in [-0.4, -0.2) is 26.1 Å². The van der Waals surface area contributed by atoms with Crippen LogP contribution in [0.5, 0.6) is 5.75 Å². The summed E-state index contributed by atoms with van der Waals surface area (Å²) >= 11 is 3.32. The lowest BCUT2D eigenvalue weighted by atomic mass is 10.0. The molecular weight excluding hydrogens is 447 g/mol. The van der Waals surface area contributed by atoms with E-state index in [1.807, 2.05) is 0 Å². The van der Waals surface area contributed by atoms with Crippen LogP contribution in [0.4, 0.5) is 13.2 Å². The highest BCUT2D eigenvalue weighted by atomic mass is 79.9. The molecule has 0 spiro atoms. The van der Waals surface area contributed by atoms with Gasteiger partial charge >= 0.3 is 6.18 Å². The van der Waals surface area contributed by atoms with Gasteiger partial charge in [0.15, 0.2) is 0 Å². The Hall–Kier alpha value is -1.87. The average molecular weight is 462 g/mol. The second-order valence-corrected chi connectivity index (χ2v) is 8.26. The lowest BCUT2D eigenvalue weighted by Gasteiger charge is -2.09. The van der Waals surface area contributed by atoms with E-state index in [0.717, 1.165) is 30.3 Å². The number of sulfonamides is 1. The zero-order valence-electron chi connectivity index (χ0n) is 14.0. The summed E-state index contributed by atoms with van der Waals surface area (Å²) in [7, 11) is -3.92. The molecule has 0 fully saturated rings. The van der Waals surface area contributed by atoms with E-state index in [9.17, 15) is 21.6 Å². The van der Waals surface area contributed by atoms with E-state index in [4.69, 9.17) is 4.74 Å². The van der Waals surface area contributed by atoms with E-state index in [1.54, 1.807) is 12.1 Å². The van der Waals surface area contributed by atoms with Gasteiger partial charge in [-0.1, -0.05) is 28.1 Å². The highest BCUT2D eigenvalue weighted by Gasteiger charge is 2.32. The van der Waals surface area contributed by atoms with E-state index >= 15 is 0 Å². The van der Waals surface area contributed by atoms with Gasteiger partial charge in [-0.15, -0.1) is 0 Å². The van der Waals surface area contributed by atoms with Crippen molar-refractivity contribution < 1.29 is 26.3 Å². The average Bonchev–Trinajstić information content (AvgIpc) is 2.89. The minimum atomic E-state index is -4.46. The van der Waals surface area contributed by atoms with E-state index in [0.29, 0.717) is 23.5 Å². The summed E-state index contributed by atoms with van der Waals surface area (Å²) in [6.07, 6.45) is -2.70.